The van der Waals surface area contributed by atoms with Gasteiger partial charge in [0.25, 0.3) is 0 Å². The Morgan fingerprint density at radius 3 is 2.87 bits per heavy atom. The third-order valence-electron chi connectivity index (χ3n) is 4.77. The van der Waals surface area contributed by atoms with Crippen molar-refractivity contribution in [2.24, 2.45) is 10.9 Å². The molecule has 6 heteroatoms. The fourth-order valence-corrected chi connectivity index (χ4v) is 3.97. The molecule has 1 aromatic heterocycles. The van der Waals surface area contributed by atoms with Gasteiger partial charge >= 0.3 is 0 Å². The highest BCUT2D eigenvalue weighted by molar-refractivity contribution is 14.0. The number of aliphatic imine (C=N–C) groups is 1. The molecule has 2 heterocycles. The summed E-state index contributed by atoms with van der Waals surface area (Å²) in [6.07, 6.45) is 4.17. The Labute approximate surface area is 161 Å². The molecule has 2 aliphatic rings. The highest BCUT2D eigenvalue weighted by Crippen LogP contribution is 2.31. The van der Waals surface area contributed by atoms with Crippen LogP contribution in [0.25, 0.3) is 0 Å². The first-order valence-corrected chi connectivity index (χ1v) is 9.36. The Kier molecular flexibility index (Phi) is 7.62. The first-order valence-electron chi connectivity index (χ1n) is 8.48. The monoisotopic (exact) mass is 448 g/mol. The summed E-state index contributed by atoms with van der Waals surface area (Å²) in [6, 6.07) is 5.24. The van der Waals surface area contributed by atoms with Gasteiger partial charge in [-0.25, -0.2) is 0 Å². The van der Waals surface area contributed by atoms with Crippen molar-refractivity contribution in [3.05, 3.63) is 22.4 Å². The molecule has 2 fully saturated rings. The van der Waals surface area contributed by atoms with Gasteiger partial charge in [0.05, 0.1) is 0 Å². The molecule has 4 nitrogen and oxygen atoms in total. The van der Waals surface area contributed by atoms with Gasteiger partial charge in [-0.15, -0.1) is 35.3 Å². The average molecular weight is 448 g/mol. The van der Waals surface area contributed by atoms with Crippen LogP contribution < -0.4 is 10.6 Å². The second-order valence-electron chi connectivity index (χ2n) is 6.63. The van der Waals surface area contributed by atoms with Crippen LogP contribution in [-0.4, -0.2) is 50.1 Å². The number of rotatable bonds is 6. The summed E-state index contributed by atoms with van der Waals surface area (Å²) in [5.74, 6) is 2.23. The van der Waals surface area contributed by atoms with Crippen LogP contribution in [0.1, 0.15) is 37.0 Å². The van der Waals surface area contributed by atoms with E-state index in [1.54, 1.807) is 0 Å². The summed E-state index contributed by atoms with van der Waals surface area (Å²) >= 11 is 1.83. The quantitative estimate of drug-likeness (QED) is 0.399. The molecule has 0 amide bonds. The second-order valence-corrected chi connectivity index (χ2v) is 7.61. The molecular weight excluding hydrogens is 419 g/mol. The van der Waals surface area contributed by atoms with Gasteiger partial charge in [0.1, 0.15) is 0 Å². The van der Waals surface area contributed by atoms with Crippen LogP contribution in [0.3, 0.4) is 0 Å². The number of nitrogens with zero attached hydrogens (tertiary/aromatic N) is 2. The van der Waals surface area contributed by atoms with Gasteiger partial charge in [0.15, 0.2) is 5.96 Å². The molecule has 1 saturated heterocycles. The topological polar surface area (TPSA) is 39.7 Å². The molecule has 3 rings (SSSR count). The number of guanidine groups is 1. The second kappa shape index (κ2) is 9.22. The minimum Gasteiger partial charge on any atom is -0.356 e. The minimum absolute atomic E-state index is 0. The van der Waals surface area contributed by atoms with Gasteiger partial charge < -0.3 is 15.5 Å². The molecule has 130 valence electrons. The summed E-state index contributed by atoms with van der Waals surface area (Å²) in [7, 11) is 1.86. The molecule has 2 unspecified atom stereocenters. The third-order valence-corrected chi connectivity index (χ3v) is 5.87. The minimum atomic E-state index is 0. The number of thiophene rings is 1. The predicted octanol–water partition coefficient (Wildman–Crippen LogP) is 3.12. The van der Waals surface area contributed by atoms with Crippen molar-refractivity contribution in [3.8, 4) is 0 Å². The Hall–Kier alpha value is -0.340. The van der Waals surface area contributed by atoms with Crippen LogP contribution in [-0.2, 0) is 0 Å². The molecular formula is C17H29IN4S. The lowest BCUT2D eigenvalue weighted by atomic mass is 10.1. The first kappa shape index (κ1) is 19.0. The SMILES string of the molecule is CN=C(NCC1CCN(C2CC2)C1)NCC(C)c1cccs1.I. The lowest BCUT2D eigenvalue weighted by Gasteiger charge is -2.18. The lowest BCUT2D eigenvalue weighted by Crippen LogP contribution is -2.41. The molecule has 1 aliphatic heterocycles. The van der Waals surface area contributed by atoms with Gasteiger partial charge in [0.2, 0.25) is 0 Å². The summed E-state index contributed by atoms with van der Waals surface area (Å²) in [5, 5.41) is 9.11. The molecule has 0 aromatic carbocycles. The molecule has 0 spiro atoms. The normalized spacial score (nSPS) is 23.4. The Morgan fingerprint density at radius 1 is 1.39 bits per heavy atom. The van der Waals surface area contributed by atoms with E-state index in [1.807, 2.05) is 18.4 Å². The smallest absolute Gasteiger partial charge is 0.191 e. The van der Waals surface area contributed by atoms with E-state index in [9.17, 15) is 0 Å². The molecule has 1 saturated carbocycles. The molecule has 1 aromatic rings. The van der Waals surface area contributed by atoms with Gasteiger partial charge in [-0.2, -0.15) is 0 Å². The van der Waals surface area contributed by atoms with Crippen molar-refractivity contribution in [2.75, 3.05) is 33.2 Å². The summed E-state index contributed by atoms with van der Waals surface area (Å²) in [4.78, 5) is 8.45. The first-order chi connectivity index (χ1) is 10.8. The van der Waals surface area contributed by atoms with E-state index in [-0.39, 0.29) is 24.0 Å². The summed E-state index contributed by atoms with van der Waals surface area (Å²) in [6.45, 7) is 6.78. The highest BCUT2D eigenvalue weighted by Gasteiger charge is 2.34. The van der Waals surface area contributed by atoms with Gasteiger partial charge in [-0.1, -0.05) is 13.0 Å². The van der Waals surface area contributed by atoms with Crippen LogP contribution in [0.4, 0.5) is 0 Å². The van der Waals surface area contributed by atoms with Gasteiger partial charge in [-0.05, 0) is 43.2 Å². The molecule has 0 radical (unpaired) electrons. The zero-order valence-electron chi connectivity index (χ0n) is 14.1. The highest BCUT2D eigenvalue weighted by atomic mass is 127. The maximum Gasteiger partial charge on any atom is 0.191 e. The largest absolute Gasteiger partial charge is 0.356 e. The zero-order valence-corrected chi connectivity index (χ0v) is 17.3. The fourth-order valence-electron chi connectivity index (χ4n) is 3.18. The van der Waals surface area contributed by atoms with E-state index in [4.69, 9.17) is 0 Å². The van der Waals surface area contributed by atoms with E-state index in [2.05, 4.69) is 45.0 Å². The predicted molar refractivity (Wildman–Crippen MR) is 110 cm³/mol. The van der Waals surface area contributed by atoms with Crippen molar-refractivity contribution in [1.29, 1.82) is 0 Å². The van der Waals surface area contributed by atoms with Crippen LogP contribution in [0.2, 0.25) is 0 Å². The third kappa shape index (κ3) is 5.60. The van der Waals surface area contributed by atoms with Crippen molar-refractivity contribution in [3.63, 3.8) is 0 Å². The van der Waals surface area contributed by atoms with Crippen molar-refractivity contribution in [1.82, 2.24) is 15.5 Å². The lowest BCUT2D eigenvalue weighted by molar-refractivity contribution is 0.314. The molecule has 1 aliphatic carbocycles. The van der Waals surface area contributed by atoms with Crippen LogP contribution in [0.5, 0.6) is 0 Å². The number of nitrogens with one attached hydrogen (secondary N) is 2. The Bertz CT molecular complexity index is 487. The van der Waals surface area contributed by atoms with Crippen LogP contribution in [0.15, 0.2) is 22.5 Å². The molecule has 23 heavy (non-hydrogen) atoms. The van der Waals surface area contributed by atoms with Gasteiger partial charge in [-0.3, -0.25) is 4.99 Å². The maximum absolute atomic E-state index is 4.35. The summed E-state index contributed by atoms with van der Waals surface area (Å²) in [5.41, 5.74) is 0. The standard InChI is InChI=1S/C17H28N4S.HI/c1-13(16-4-3-9-22-16)10-19-17(18-2)20-11-14-7-8-21(12-14)15-5-6-15;/h3-4,9,13-15H,5-8,10-12H2,1-2H3,(H2,18,19,20);1H. The molecule has 0 bridgehead atoms. The van der Waals surface area contributed by atoms with E-state index >= 15 is 0 Å². The molecule has 2 atom stereocenters. The maximum atomic E-state index is 4.35. The van der Waals surface area contributed by atoms with Crippen molar-refractivity contribution < 1.29 is 0 Å². The Morgan fingerprint density at radius 2 is 2.22 bits per heavy atom. The van der Waals surface area contributed by atoms with E-state index in [1.165, 1.54) is 37.2 Å². The zero-order chi connectivity index (χ0) is 15.4. The Balaban J connectivity index is 0.00000192. The number of hydrogen-bond donors (Lipinski definition) is 2. The van der Waals surface area contributed by atoms with Gasteiger partial charge in [0, 0.05) is 43.5 Å². The van der Waals surface area contributed by atoms with Crippen LogP contribution in [0, 0.1) is 5.92 Å². The molecule has 2 N–H and O–H groups in total. The summed E-state index contributed by atoms with van der Waals surface area (Å²) < 4.78 is 0. The van der Waals surface area contributed by atoms with Crippen LogP contribution >= 0.6 is 35.3 Å². The average Bonchev–Trinajstić information content (AvgIpc) is 3.05. The number of likely N-dealkylation sites (tertiary alicyclic amines) is 1. The van der Waals surface area contributed by atoms with Crippen molar-refractivity contribution >= 4 is 41.3 Å². The van der Waals surface area contributed by atoms with E-state index < -0.39 is 0 Å². The number of hydrogen-bond acceptors (Lipinski definition) is 3. The van der Waals surface area contributed by atoms with Crippen molar-refractivity contribution in [2.45, 2.75) is 38.1 Å². The van der Waals surface area contributed by atoms with E-state index in [0.717, 1.165) is 31.0 Å². The van der Waals surface area contributed by atoms with E-state index in [0.29, 0.717) is 5.92 Å². The fraction of sp³-hybridized carbons (Fsp3) is 0.706. The number of halogens is 1.